The summed E-state index contributed by atoms with van der Waals surface area (Å²) in [7, 11) is 0. The highest BCUT2D eigenvalue weighted by Gasteiger charge is 2.12. The maximum atomic E-state index is 5.88. The molecule has 98 valence electrons. The van der Waals surface area contributed by atoms with Gasteiger partial charge < -0.3 is 10.3 Å². The quantitative estimate of drug-likeness (QED) is 0.885. The summed E-state index contributed by atoms with van der Waals surface area (Å²) in [5.74, 6) is 2.24. The molecule has 2 N–H and O–H groups in total. The molecule has 0 fully saturated rings. The van der Waals surface area contributed by atoms with Gasteiger partial charge in [-0.1, -0.05) is 25.1 Å². The molecular weight excluding hydrogens is 240 g/mol. The highest BCUT2D eigenvalue weighted by molar-refractivity contribution is 7.98. The van der Waals surface area contributed by atoms with Crippen LogP contribution in [-0.2, 0) is 12.3 Å². The van der Waals surface area contributed by atoms with Gasteiger partial charge in [0, 0.05) is 29.9 Å². The molecule has 0 unspecified atom stereocenters. The Morgan fingerprint density at radius 1 is 1.28 bits per heavy atom. The van der Waals surface area contributed by atoms with Crippen molar-refractivity contribution in [3.8, 4) is 0 Å². The summed E-state index contributed by atoms with van der Waals surface area (Å²) in [4.78, 5) is 0. The van der Waals surface area contributed by atoms with Crippen molar-refractivity contribution in [1.29, 1.82) is 0 Å². The molecule has 1 aromatic heterocycles. The molecule has 3 heteroatoms. The van der Waals surface area contributed by atoms with Gasteiger partial charge in [0.15, 0.2) is 0 Å². The van der Waals surface area contributed by atoms with Crippen LogP contribution in [0.3, 0.4) is 0 Å². The normalized spacial score (nSPS) is 11.6. The number of nitrogens with two attached hydrogens (primary N) is 1. The van der Waals surface area contributed by atoms with Crippen molar-refractivity contribution in [3.63, 3.8) is 0 Å². The second kappa shape index (κ2) is 5.81. The van der Waals surface area contributed by atoms with E-state index < -0.39 is 0 Å². The van der Waals surface area contributed by atoms with Crippen LogP contribution in [0.15, 0.2) is 24.4 Å². The Bertz CT molecular complexity index is 529. The van der Waals surface area contributed by atoms with Crippen molar-refractivity contribution in [2.75, 3.05) is 5.75 Å². The van der Waals surface area contributed by atoms with Crippen LogP contribution in [0.2, 0.25) is 0 Å². The average Bonchev–Trinajstić information content (AvgIpc) is 2.75. The van der Waals surface area contributed by atoms with Crippen molar-refractivity contribution in [3.05, 3.63) is 35.5 Å². The van der Waals surface area contributed by atoms with Gasteiger partial charge in [-0.25, -0.2) is 0 Å². The molecule has 0 aliphatic rings. The lowest BCUT2D eigenvalue weighted by molar-refractivity contribution is 0.620. The molecule has 0 radical (unpaired) electrons. The summed E-state index contributed by atoms with van der Waals surface area (Å²) in [5, 5.41) is 1.37. The SMILES string of the molecule is CCSCc1cn(C(C)C)c2c(CN)cccc12. The summed E-state index contributed by atoms with van der Waals surface area (Å²) in [6.45, 7) is 7.26. The molecule has 0 saturated carbocycles. The summed E-state index contributed by atoms with van der Waals surface area (Å²) in [5.41, 5.74) is 9.87. The Hall–Kier alpha value is -0.930. The van der Waals surface area contributed by atoms with Crippen molar-refractivity contribution in [1.82, 2.24) is 4.57 Å². The Morgan fingerprint density at radius 2 is 2.06 bits per heavy atom. The van der Waals surface area contributed by atoms with Crippen LogP contribution in [0.1, 0.15) is 37.9 Å². The zero-order valence-corrected chi connectivity index (χ0v) is 12.3. The fourth-order valence-corrected chi connectivity index (χ4v) is 3.01. The van der Waals surface area contributed by atoms with E-state index in [1.54, 1.807) is 0 Å². The monoisotopic (exact) mass is 262 g/mol. The minimum atomic E-state index is 0.473. The van der Waals surface area contributed by atoms with Crippen molar-refractivity contribution < 1.29 is 0 Å². The molecule has 18 heavy (non-hydrogen) atoms. The minimum absolute atomic E-state index is 0.473. The minimum Gasteiger partial charge on any atom is -0.344 e. The Morgan fingerprint density at radius 3 is 2.67 bits per heavy atom. The third-order valence-corrected chi connectivity index (χ3v) is 4.18. The van der Waals surface area contributed by atoms with Crippen molar-refractivity contribution in [2.24, 2.45) is 5.73 Å². The van der Waals surface area contributed by atoms with Gasteiger partial charge in [0.05, 0.1) is 5.52 Å². The van der Waals surface area contributed by atoms with Crippen LogP contribution in [0.4, 0.5) is 0 Å². The van der Waals surface area contributed by atoms with Gasteiger partial charge in [-0.15, -0.1) is 0 Å². The smallest absolute Gasteiger partial charge is 0.0531 e. The van der Waals surface area contributed by atoms with E-state index in [0.717, 1.165) is 11.5 Å². The summed E-state index contributed by atoms with van der Waals surface area (Å²) >= 11 is 1.97. The van der Waals surface area contributed by atoms with E-state index in [1.807, 2.05) is 11.8 Å². The number of hydrogen-bond acceptors (Lipinski definition) is 2. The molecule has 0 spiro atoms. The first-order valence-electron chi connectivity index (χ1n) is 6.58. The van der Waals surface area contributed by atoms with Gasteiger partial charge in [-0.2, -0.15) is 11.8 Å². The Labute approximate surface area is 114 Å². The molecule has 2 aromatic rings. The first kappa shape index (κ1) is 13.5. The van der Waals surface area contributed by atoms with E-state index >= 15 is 0 Å². The van der Waals surface area contributed by atoms with Gasteiger partial charge >= 0.3 is 0 Å². The number of para-hydroxylation sites is 1. The van der Waals surface area contributed by atoms with Crippen LogP contribution in [0.25, 0.3) is 10.9 Å². The molecule has 0 saturated heterocycles. The predicted molar refractivity (Wildman–Crippen MR) is 82.1 cm³/mol. The fraction of sp³-hybridized carbons (Fsp3) is 0.467. The lowest BCUT2D eigenvalue weighted by atomic mass is 10.1. The van der Waals surface area contributed by atoms with Gasteiger partial charge in [-0.3, -0.25) is 0 Å². The fourth-order valence-electron chi connectivity index (χ4n) is 2.36. The van der Waals surface area contributed by atoms with Crippen LogP contribution < -0.4 is 5.73 Å². The highest BCUT2D eigenvalue weighted by atomic mass is 32.2. The van der Waals surface area contributed by atoms with Crippen LogP contribution in [0, 0.1) is 0 Å². The number of thioether (sulfide) groups is 1. The standard InChI is InChI=1S/C15H22N2S/c1-4-18-10-13-9-17(11(2)3)15-12(8-16)6-5-7-14(13)15/h5-7,9,11H,4,8,10,16H2,1-3H3. The maximum Gasteiger partial charge on any atom is 0.0531 e. The number of nitrogens with zero attached hydrogens (tertiary/aromatic N) is 1. The van der Waals surface area contributed by atoms with Crippen LogP contribution >= 0.6 is 11.8 Å². The second-order valence-electron chi connectivity index (χ2n) is 4.81. The van der Waals surface area contributed by atoms with Gasteiger partial charge in [-0.05, 0) is 30.7 Å². The van der Waals surface area contributed by atoms with E-state index in [0.29, 0.717) is 12.6 Å². The van der Waals surface area contributed by atoms with Crippen molar-refractivity contribution in [2.45, 2.75) is 39.1 Å². The molecule has 0 atom stereocenters. The zero-order chi connectivity index (χ0) is 13.1. The lowest BCUT2D eigenvalue weighted by Gasteiger charge is -2.11. The first-order chi connectivity index (χ1) is 8.69. The molecule has 1 aromatic carbocycles. The highest BCUT2D eigenvalue weighted by Crippen LogP contribution is 2.29. The van der Waals surface area contributed by atoms with Gasteiger partial charge in [0.25, 0.3) is 0 Å². The van der Waals surface area contributed by atoms with E-state index in [1.165, 1.54) is 22.0 Å². The number of benzene rings is 1. The molecule has 2 rings (SSSR count). The number of aromatic nitrogens is 1. The molecule has 2 nitrogen and oxygen atoms in total. The van der Waals surface area contributed by atoms with E-state index in [2.05, 4.69) is 49.7 Å². The molecule has 0 bridgehead atoms. The second-order valence-corrected chi connectivity index (χ2v) is 6.08. The van der Waals surface area contributed by atoms with Gasteiger partial charge in [0.2, 0.25) is 0 Å². The first-order valence-corrected chi connectivity index (χ1v) is 7.73. The molecule has 0 amide bonds. The maximum absolute atomic E-state index is 5.88. The Balaban J connectivity index is 2.60. The molecule has 1 heterocycles. The number of hydrogen-bond donors (Lipinski definition) is 1. The average molecular weight is 262 g/mol. The summed E-state index contributed by atoms with van der Waals surface area (Å²) in [6, 6.07) is 6.95. The predicted octanol–water partition coefficient (Wildman–Crippen LogP) is 3.93. The zero-order valence-electron chi connectivity index (χ0n) is 11.4. The molecule has 0 aliphatic heterocycles. The van der Waals surface area contributed by atoms with E-state index in [9.17, 15) is 0 Å². The third-order valence-electron chi connectivity index (χ3n) is 3.26. The van der Waals surface area contributed by atoms with Crippen molar-refractivity contribution >= 4 is 22.7 Å². The van der Waals surface area contributed by atoms with E-state index in [-0.39, 0.29) is 0 Å². The topological polar surface area (TPSA) is 30.9 Å². The molecule has 0 aliphatic carbocycles. The Kier molecular flexibility index (Phi) is 4.36. The summed E-state index contributed by atoms with van der Waals surface area (Å²) in [6.07, 6.45) is 2.30. The third kappa shape index (κ3) is 2.43. The number of rotatable bonds is 5. The van der Waals surface area contributed by atoms with E-state index in [4.69, 9.17) is 5.73 Å². The lowest BCUT2D eigenvalue weighted by Crippen LogP contribution is -2.03. The van der Waals surface area contributed by atoms with Gasteiger partial charge in [0.1, 0.15) is 0 Å². The van der Waals surface area contributed by atoms with Crippen LogP contribution in [-0.4, -0.2) is 10.3 Å². The summed E-state index contributed by atoms with van der Waals surface area (Å²) < 4.78 is 2.36. The molecular formula is C15H22N2S. The largest absolute Gasteiger partial charge is 0.344 e. The van der Waals surface area contributed by atoms with Crippen LogP contribution in [0.5, 0.6) is 0 Å². The number of fused-ring (bicyclic) bond motifs is 1.